The largest absolute Gasteiger partial charge is 0.504 e. The van der Waals surface area contributed by atoms with Gasteiger partial charge in [-0.05, 0) is 24.5 Å². The van der Waals surface area contributed by atoms with E-state index in [1.54, 1.807) is 7.11 Å². The van der Waals surface area contributed by atoms with Crippen molar-refractivity contribution in [2.45, 2.75) is 25.3 Å². The van der Waals surface area contributed by atoms with Crippen molar-refractivity contribution in [3.05, 3.63) is 22.2 Å². The molecule has 1 saturated heterocycles. The molecule has 21 heavy (non-hydrogen) atoms. The molecule has 1 aromatic rings. The molecule has 0 amide bonds. The molecule has 1 saturated carbocycles. The van der Waals surface area contributed by atoms with Gasteiger partial charge in [0.05, 0.1) is 7.11 Å². The van der Waals surface area contributed by atoms with Crippen LogP contribution in [-0.2, 0) is 0 Å². The van der Waals surface area contributed by atoms with Crippen LogP contribution in [0.25, 0.3) is 0 Å². The number of halogens is 1. The predicted octanol–water partition coefficient (Wildman–Crippen LogP) is 2.91. The maximum absolute atomic E-state index is 10.6. The quantitative estimate of drug-likeness (QED) is 0.853. The van der Waals surface area contributed by atoms with Crippen LogP contribution in [0.15, 0.2) is 16.6 Å². The van der Waals surface area contributed by atoms with Gasteiger partial charge in [-0.25, -0.2) is 0 Å². The van der Waals surface area contributed by atoms with Gasteiger partial charge in [-0.3, -0.25) is 4.90 Å². The Hall–Kier alpha value is -0.780. The standard InChI is InChI=1S/C16H23BrN2O2/c1-21-14-5-4-12(17)15(16(14)20)13(10-11-2-3-11)19-8-6-18-7-9-19/h4-5,11,13,18,20H,2-3,6-10H2,1H3/t13-/m1/s1. The molecular weight excluding hydrogens is 332 g/mol. The maximum Gasteiger partial charge on any atom is 0.163 e. The summed E-state index contributed by atoms with van der Waals surface area (Å²) in [5.41, 5.74) is 0.989. The van der Waals surface area contributed by atoms with Gasteiger partial charge < -0.3 is 15.2 Å². The number of methoxy groups -OCH3 is 1. The molecule has 116 valence electrons. The van der Waals surface area contributed by atoms with Gasteiger partial charge >= 0.3 is 0 Å². The van der Waals surface area contributed by atoms with E-state index in [1.165, 1.54) is 12.8 Å². The van der Waals surface area contributed by atoms with Crippen molar-refractivity contribution in [1.29, 1.82) is 0 Å². The van der Waals surface area contributed by atoms with E-state index in [0.29, 0.717) is 5.75 Å². The van der Waals surface area contributed by atoms with E-state index >= 15 is 0 Å². The molecule has 2 N–H and O–H groups in total. The Labute approximate surface area is 134 Å². The zero-order chi connectivity index (χ0) is 14.8. The van der Waals surface area contributed by atoms with Crippen LogP contribution in [0.1, 0.15) is 30.9 Å². The minimum Gasteiger partial charge on any atom is -0.504 e. The fourth-order valence-corrected chi connectivity index (χ4v) is 3.74. The van der Waals surface area contributed by atoms with Crippen LogP contribution < -0.4 is 10.1 Å². The average Bonchev–Trinajstić information content (AvgIpc) is 3.31. The fraction of sp³-hybridized carbons (Fsp3) is 0.625. The molecule has 0 bridgehead atoms. The Kier molecular flexibility index (Phi) is 4.72. The topological polar surface area (TPSA) is 44.7 Å². The number of phenols is 1. The number of nitrogens with zero attached hydrogens (tertiary/aromatic N) is 1. The first-order valence-corrected chi connectivity index (χ1v) is 8.50. The fourth-order valence-electron chi connectivity index (χ4n) is 3.16. The van der Waals surface area contributed by atoms with Crippen molar-refractivity contribution in [1.82, 2.24) is 10.2 Å². The van der Waals surface area contributed by atoms with Gasteiger partial charge in [0, 0.05) is 42.3 Å². The summed E-state index contributed by atoms with van der Waals surface area (Å²) in [4.78, 5) is 2.49. The molecule has 2 aliphatic rings. The smallest absolute Gasteiger partial charge is 0.163 e. The van der Waals surface area contributed by atoms with Gasteiger partial charge in [0.15, 0.2) is 11.5 Å². The lowest BCUT2D eigenvalue weighted by Gasteiger charge is -2.36. The summed E-state index contributed by atoms with van der Waals surface area (Å²) < 4.78 is 6.27. The van der Waals surface area contributed by atoms with Crippen LogP contribution in [0.4, 0.5) is 0 Å². The third-order valence-electron chi connectivity index (χ3n) is 4.53. The summed E-state index contributed by atoms with van der Waals surface area (Å²) in [5, 5.41) is 14.0. The molecule has 4 nitrogen and oxygen atoms in total. The van der Waals surface area contributed by atoms with Crippen LogP contribution >= 0.6 is 15.9 Å². The molecule has 0 unspecified atom stereocenters. The third kappa shape index (κ3) is 3.35. The van der Waals surface area contributed by atoms with E-state index in [4.69, 9.17) is 4.74 Å². The molecule has 1 aliphatic heterocycles. The third-order valence-corrected chi connectivity index (χ3v) is 5.22. The Morgan fingerprint density at radius 1 is 1.38 bits per heavy atom. The van der Waals surface area contributed by atoms with Gasteiger partial charge in [0.2, 0.25) is 0 Å². The Morgan fingerprint density at radius 3 is 2.71 bits per heavy atom. The van der Waals surface area contributed by atoms with Gasteiger partial charge in [0.1, 0.15) is 0 Å². The molecule has 0 spiro atoms. The van der Waals surface area contributed by atoms with Gasteiger partial charge in [-0.15, -0.1) is 0 Å². The molecule has 2 fully saturated rings. The summed E-state index contributed by atoms with van der Waals surface area (Å²) >= 11 is 3.63. The summed E-state index contributed by atoms with van der Waals surface area (Å²) in [7, 11) is 1.60. The Morgan fingerprint density at radius 2 is 2.10 bits per heavy atom. The van der Waals surface area contributed by atoms with E-state index in [1.807, 2.05) is 12.1 Å². The first-order valence-electron chi connectivity index (χ1n) is 7.71. The monoisotopic (exact) mass is 354 g/mol. The van der Waals surface area contributed by atoms with E-state index in [2.05, 4.69) is 26.1 Å². The summed E-state index contributed by atoms with van der Waals surface area (Å²) in [5.74, 6) is 1.66. The number of rotatable bonds is 5. The first-order chi connectivity index (χ1) is 10.2. The van der Waals surface area contributed by atoms with Crippen molar-refractivity contribution < 1.29 is 9.84 Å². The number of piperazine rings is 1. The van der Waals surface area contributed by atoms with Gasteiger partial charge in [0.25, 0.3) is 0 Å². The highest BCUT2D eigenvalue weighted by Gasteiger charge is 2.33. The summed E-state index contributed by atoms with van der Waals surface area (Å²) in [6.07, 6.45) is 3.77. The van der Waals surface area contributed by atoms with Gasteiger partial charge in [-0.1, -0.05) is 28.8 Å². The lowest BCUT2D eigenvalue weighted by molar-refractivity contribution is 0.157. The molecule has 3 rings (SSSR count). The van der Waals surface area contributed by atoms with Crippen LogP contribution in [0, 0.1) is 5.92 Å². The number of nitrogens with one attached hydrogen (secondary N) is 1. The van der Waals surface area contributed by atoms with Crippen LogP contribution in [0.3, 0.4) is 0 Å². The highest BCUT2D eigenvalue weighted by atomic mass is 79.9. The lowest BCUT2D eigenvalue weighted by atomic mass is 9.97. The Bertz CT molecular complexity index is 499. The zero-order valence-corrected chi connectivity index (χ0v) is 14.0. The zero-order valence-electron chi connectivity index (χ0n) is 12.4. The number of aromatic hydroxyl groups is 1. The molecule has 1 aliphatic carbocycles. The highest BCUT2D eigenvalue weighted by Crippen LogP contribution is 2.47. The molecule has 0 aromatic heterocycles. The molecule has 0 radical (unpaired) electrons. The van der Waals surface area contributed by atoms with Crippen molar-refractivity contribution >= 4 is 15.9 Å². The number of ether oxygens (including phenoxy) is 1. The normalized spacial score (nSPS) is 21.2. The van der Waals surface area contributed by atoms with Crippen molar-refractivity contribution in [2.24, 2.45) is 5.92 Å². The highest BCUT2D eigenvalue weighted by molar-refractivity contribution is 9.10. The van der Waals surface area contributed by atoms with E-state index in [-0.39, 0.29) is 11.8 Å². The lowest BCUT2D eigenvalue weighted by Crippen LogP contribution is -2.45. The number of hydrogen-bond donors (Lipinski definition) is 2. The van der Waals surface area contributed by atoms with E-state index in [9.17, 15) is 5.11 Å². The summed E-state index contributed by atoms with van der Waals surface area (Å²) in [6, 6.07) is 4.06. The molecule has 5 heteroatoms. The second-order valence-corrected chi connectivity index (χ2v) is 6.85. The van der Waals surface area contributed by atoms with Crippen LogP contribution in [0.5, 0.6) is 11.5 Å². The van der Waals surface area contributed by atoms with Crippen molar-refractivity contribution in [2.75, 3.05) is 33.3 Å². The van der Waals surface area contributed by atoms with E-state index in [0.717, 1.165) is 48.6 Å². The maximum atomic E-state index is 10.6. The Balaban J connectivity index is 1.94. The molecule has 1 atom stereocenters. The minimum absolute atomic E-state index is 0.268. The predicted molar refractivity (Wildman–Crippen MR) is 86.9 cm³/mol. The van der Waals surface area contributed by atoms with Crippen LogP contribution in [-0.4, -0.2) is 43.3 Å². The molecule has 1 heterocycles. The SMILES string of the molecule is COc1ccc(Br)c([C@@H](CC2CC2)N2CCNCC2)c1O. The van der Waals surface area contributed by atoms with Crippen LogP contribution in [0.2, 0.25) is 0 Å². The van der Waals surface area contributed by atoms with Crippen molar-refractivity contribution in [3.63, 3.8) is 0 Å². The number of benzene rings is 1. The summed E-state index contributed by atoms with van der Waals surface area (Å²) in [6.45, 7) is 4.09. The first kappa shape index (κ1) is 15.1. The number of hydrogen-bond acceptors (Lipinski definition) is 4. The minimum atomic E-state index is 0.268. The molecule has 1 aromatic carbocycles. The average molecular weight is 355 g/mol. The second kappa shape index (κ2) is 6.55. The van der Waals surface area contributed by atoms with E-state index < -0.39 is 0 Å². The van der Waals surface area contributed by atoms with Gasteiger partial charge in [-0.2, -0.15) is 0 Å². The molecular formula is C16H23BrN2O2. The van der Waals surface area contributed by atoms with Crippen molar-refractivity contribution in [3.8, 4) is 11.5 Å². The number of phenolic OH excluding ortho intramolecular Hbond substituents is 1. The second-order valence-electron chi connectivity index (χ2n) is 5.99.